The van der Waals surface area contributed by atoms with Crippen molar-refractivity contribution in [2.45, 2.75) is 32.6 Å². The van der Waals surface area contributed by atoms with Crippen molar-refractivity contribution in [2.75, 3.05) is 6.61 Å². The van der Waals surface area contributed by atoms with E-state index in [1.165, 1.54) is 0 Å². The predicted molar refractivity (Wildman–Crippen MR) is 50.6 cm³/mol. The van der Waals surface area contributed by atoms with Gasteiger partial charge >= 0.3 is 5.97 Å². The lowest BCUT2D eigenvalue weighted by Gasteiger charge is -2.26. The molecule has 0 aromatic rings. The third kappa shape index (κ3) is 1.56. The molecule has 2 fully saturated rings. The molecule has 3 heteroatoms. The molecule has 0 amide bonds. The average molecular weight is 196 g/mol. The molecule has 78 valence electrons. The summed E-state index contributed by atoms with van der Waals surface area (Å²) in [5.74, 6) is 0.832. The topological polar surface area (TPSA) is 43.4 Å². The van der Waals surface area contributed by atoms with Gasteiger partial charge in [0.1, 0.15) is 5.78 Å². The highest BCUT2D eigenvalue weighted by Gasteiger charge is 2.46. The molecule has 2 bridgehead atoms. The summed E-state index contributed by atoms with van der Waals surface area (Å²) in [6.07, 6.45) is 3.25. The van der Waals surface area contributed by atoms with Gasteiger partial charge in [-0.15, -0.1) is 0 Å². The number of carbonyl (C=O) groups is 2. The van der Waals surface area contributed by atoms with Gasteiger partial charge in [-0.3, -0.25) is 9.59 Å². The van der Waals surface area contributed by atoms with E-state index in [0.29, 0.717) is 25.2 Å². The number of hydrogen-bond acceptors (Lipinski definition) is 3. The molecule has 2 saturated carbocycles. The Balaban J connectivity index is 2.07. The van der Waals surface area contributed by atoms with E-state index >= 15 is 0 Å². The van der Waals surface area contributed by atoms with E-state index in [1.807, 2.05) is 6.92 Å². The molecule has 0 spiro atoms. The fourth-order valence-corrected chi connectivity index (χ4v) is 2.92. The van der Waals surface area contributed by atoms with Gasteiger partial charge in [-0.05, 0) is 31.6 Å². The zero-order valence-electron chi connectivity index (χ0n) is 8.49. The monoisotopic (exact) mass is 196 g/mol. The van der Waals surface area contributed by atoms with Gasteiger partial charge in [0, 0.05) is 12.8 Å². The highest BCUT2D eigenvalue weighted by Crippen LogP contribution is 2.45. The molecular formula is C11H16O3. The molecule has 0 saturated heterocycles. The standard InChI is InChI=1S/C11H16O3/c1-2-14-11(13)10-7-3-4-8(10)6-9(12)5-7/h7-8,10H,2-6H2,1H3/t7-,8?,10?/m1/s1. The zero-order valence-corrected chi connectivity index (χ0v) is 8.49. The Morgan fingerprint density at radius 3 is 2.43 bits per heavy atom. The Morgan fingerprint density at radius 2 is 1.93 bits per heavy atom. The van der Waals surface area contributed by atoms with Crippen LogP contribution in [0.1, 0.15) is 32.6 Å². The van der Waals surface area contributed by atoms with Gasteiger partial charge < -0.3 is 4.74 Å². The van der Waals surface area contributed by atoms with E-state index in [-0.39, 0.29) is 23.7 Å². The smallest absolute Gasteiger partial charge is 0.309 e. The number of fused-ring (bicyclic) bond motifs is 2. The molecule has 0 heterocycles. The number of Topliss-reactive ketones (excluding diaryl/α,β-unsaturated/α-hetero) is 1. The Bertz CT molecular complexity index is 243. The first-order valence-electron chi connectivity index (χ1n) is 5.40. The van der Waals surface area contributed by atoms with Crippen LogP contribution in [0.15, 0.2) is 0 Å². The SMILES string of the molecule is CCOC(=O)C1C2CC[C@@H]1CC(=O)C2. The second-order valence-electron chi connectivity index (χ2n) is 4.32. The molecular weight excluding hydrogens is 180 g/mol. The fraction of sp³-hybridized carbons (Fsp3) is 0.818. The fourth-order valence-electron chi connectivity index (χ4n) is 2.92. The molecule has 0 N–H and O–H groups in total. The van der Waals surface area contributed by atoms with E-state index in [0.717, 1.165) is 12.8 Å². The summed E-state index contributed by atoms with van der Waals surface area (Å²) < 4.78 is 5.05. The molecule has 0 radical (unpaired) electrons. The lowest BCUT2D eigenvalue weighted by Crippen LogP contribution is -2.33. The highest BCUT2D eigenvalue weighted by molar-refractivity contribution is 5.84. The van der Waals surface area contributed by atoms with Gasteiger partial charge in [0.05, 0.1) is 12.5 Å². The van der Waals surface area contributed by atoms with Gasteiger partial charge in [0.15, 0.2) is 0 Å². The van der Waals surface area contributed by atoms with Crippen LogP contribution >= 0.6 is 0 Å². The van der Waals surface area contributed by atoms with Crippen molar-refractivity contribution in [2.24, 2.45) is 17.8 Å². The molecule has 2 aliphatic carbocycles. The number of esters is 1. The minimum atomic E-state index is -0.0764. The Labute approximate surface area is 83.8 Å². The van der Waals surface area contributed by atoms with Crippen LogP contribution in [0.2, 0.25) is 0 Å². The van der Waals surface area contributed by atoms with Crippen LogP contribution in [-0.2, 0) is 14.3 Å². The summed E-state index contributed by atoms with van der Waals surface area (Å²) in [7, 11) is 0. The van der Waals surface area contributed by atoms with Crippen molar-refractivity contribution in [3.8, 4) is 0 Å². The molecule has 0 aliphatic heterocycles. The molecule has 0 aromatic heterocycles. The van der Waals surface area contributed by atoms with Crippen LogP contribution in [0.5, 0.6) is 0 Å². The summed E-state index contributed by atoms with van der Waals surface area (Å²) in [6, 6.07) is 0. The van der Waals surface area contributed by atoms with Crippen LogP contribution < -0.4 is 0 Å². The maximum atomic E-state index is 11.6. The average Bonchev–Trinajstić information content (AvgIpc) is 2.39. The maximum Gasteiger partial charge on any atom is 0.309 e. The van der Waals surface area contributed by atoms with Crippen LogP contribution in [0.25, 0.3) is 0 Å². The number of ketones is 1. The summed E-state index contributed by atoms with van der Waals surface area (Å²) in [5.41, 5.74) is 0. The summed E-state index contributed by atoms with van der Waals surface area (Å²) in [4.78, 5) is 22.9. The van der Waals surface area contributed by atoms with Gasteiger partial charge in [0.25, 0.3) is 0 Å². The van der Waals surface area contributed by atoms with Crippen LogP contribution in [-0.4, -0.2) is 18.4 Å². The Morgan fingerprint density at radius 1 is 1.36 bits per heavy atom. The summed E-state index contributed by atoms with van der Waals surface area (Å²) >= 11 is 0. The molecule has 3 nitrogen and oxygen atoms in total. The van der Waals surface area contributed by atoms with Gasteiger partial charge in [-0.2, -0.15) is 0 Å². The molecule has 3 atom stereocenters. The minimum Gasteiger partial charge on any atom is -0.466 e. The first-order chi connectivity index (χ1) is 6.72. The van der Waals surface area contributed by atoms with E-state index in [1.54, 1.807) is 0 Å². The van der Waals surface area contributed by atoms with Crippen LogP contribution in [0, 0.1) is 17.8 Å². The van der Waals surface area contributed by atoms with E-state index in [9.17, 15) is 9.59 Å². The van der Waals surface area contributed by atoms with Crippen molar-refractivity contribution in [1.29, 1.82) is 0 Å². The number of carbonyl (C=O) groups excluding carboxylic acids is 2. The van der Waals surface area contributed by atoms with Gasteiger partial charge in [0.2, 0.25) is 0 Å². The summed E-state index contributed by atoms with van der Waals surface area (Å²) in [5, 5.41) is 0. The largest absolute Gasteiger partial charge is 0.466 e. The molecule has 0 aromatic carbocycles. The third-order valence-corrected chi connectivity index (χ3v) is 3.46. The molecule has 2 rings (SSSR count). The van der Waals surface area contributed by atoms with E-state index < -0.39 is 0 Å². The molecule has 14 heavy (non-hydrogen) atoms. The second-order valence-corrected chi connectivity index (χ2v) is 4.32. The Kier molecular flexibility index (Phi) is 2.57. The quantitative estimate of drug-likeness (QED) is 0.629. The lowest BCUT2D eigenvalue weighted by molar-refractivity contribution is -0.152. The lowest BCUT2D eigenvalue weighted by atomic mass is 9.78. The van der Waals surface area contributed by atoms with Crippen molar-refractivity contribution < 1.29 is 14.3 Å². The van der Waals surface area contributed by atoms with Gasteiger partial charge in [-0.1, -0.05) is 0 Å². The maximum absolute atomic E-state index is 11.6. The van der Waals surface area contributed by atoms with Crippen molar-refractivity contribution in [3.05, 3.63) is 0 Å². The van der Waals surface area contributed by atoms with Crippen LogP contribution in [0.4, 0.5) is 0 Å². The van der Waals surface area contributed by atoms with E-state index in [2.05, 4.69) is 0 Å². The Hall–Kier alpha value is -0.860. The van der Waals surface area contributed by atoms with E-state index in [4.69, 9.17) is 4.74 Å². The number of hydrogen-bond donors (Lipinski definition) is 0. The highest BCUT2D eigenvalue weighted by atomic mass is 16.5. The number of rotatable bonds is 2. The molecule has 2 aliphatic rings. The second kappa shape index (κ2) is 3.71. The van der Waals surface area contributed by atoms with Gasteiger partial charge in [-0.25, -0.2) is 0 Å². The van der Waals surface area contributed by atoms with Crippen molar-refractivity contribution in [1.82, 2.24) is 0 Å². The zero-order chi connectivity index (χ0) is 10.1. The normalized spacial score (nSPS) is 35.8. The van der Waals surface area contributed by atoms with Crippen molar-refractivity contribution in [3.63, 3.8) is 0 Å². The first-order valence-corrected chi connectivity index (χ1v) is 5.40. The van der Waals surface area contributed by atoms with Crippen LogP contribution in [0.3, 0.4) is 0 Å². The van der Waals surface area contributed by atoms with Crippen molar-refractivity contribution >= 4 is 11.8 Å². The molecule has 2 unspecified atom stereocenters. The minimum absolute atomic E-state index is 0.0210. The number of ether oxygens (including phenoxy) is 1. The summed E-state index contributed by atoms with van der Waals surface area (Å²) in [6.45, 7) is 2.27. The predicted octanol–water partition coefficient (Wildman–Crippen LogP) is 1.55. The first kappa shape index (κ1) is 9.69. The third-order valence-electron chi connectivity index (χ3n) is 3.46.